The van der Waals surface area contributed by atoms with Crippen LogP contribution in [0.15, 0.2) is 18.2 Å². The van der Waals surface area contributed by atoms with Crippen molar-refractivity contribution in [2.45, 2.75) is 45.1 Å². The number of rotatable bonds is 3. The second-order valence-electron chi connectivity index (χ2n) is 4.94. The summed E-state index contributed by atoms with van der Waals surface area (Å²) in [6.07, 6.45) is 6.17. The maximum absolute atomic E-state index is 13.2. The molecular weight excluding hydrogens is 215 g/mol. The monoisotopic (exact) mass is 236 g/mol. The molecule has 2 nitrogen and oxygen atoms in total. The first-order valence-electron chi connectivity index (χ1n) is 6.52. The van der Waals surface area contributed by atoms with Crippen LogP contribution in [-0.2, 0) is 0 Å². The summed E-state index contributed by atoms with van der Waals surface area (Å²) in [6.45, 7) is 2.22. The third kappa shape index (κ3) is 2.90. The van der Waals surface area contributed by atoms with E-state index < -0.39 is 0 Å². The van der Waals surface area contributed by atoms with Crippen LogP contribution in [0.1, 0.15) is 39.0 Å². The molecule has 1 saturated carbocycles. The lowest BCUT2D eigenvalue weighted by molar-refractivity contribution is 0.317. The summed E-state index contributed by atoms with van der Waals surface area (Å²) in [7, 11) is 0. The highest BCUT2D eigenvalue weighted by Crippen LogP contribution is 2.31. The second kappa shape index (κ2) is 5.39. The number of nitrogens with one attached hydrogen (secondary N) is 1. The smallest absolute Gasteiger partial charge is 0.125 e. The molecule has 1 aliphatic rings. The highest BCUT2D eigenvalue weighted by atomic mass is 19.1. The van der Waals surface area contributed by atoms with Gasteiger partial charge in [0.15, 0.2) is 0 Å². The molecule has 0 aliphatic heterocycles. The van der Waals surface area contributed by atoms with E-state index in [0.29, 0.717) is 17.6 Å². The molecule has 1 aliphatic carbocycles. The highest BCUT2D eigenvalue weighted by Gasteiger charge is 2.23. The highest BCUT2D eigenvalue weighted by molar-refractivity contribution is 5.66. The minimum Gasteiger partial charge on any atom is -0.397 e. The summed E-state index contributed by atoms with van der Waals surface area (Å²) < 4.78 is 13.2. The van der Waals surface area contributed by atoms with Crippen LogP contribution in [0.2, 0.25) is 0 Å². The van der Waals surface area contributed by atoms with Crippen molar-refractivity contribution in [2.24, 2.45) is 5.92 Å². The number of halogens is 1. The van der Waals surface area contributed by atoms with E-state index in [1.807, 2.05) is 0 Å². The third-order valence-electron chi connectivity index (χ3n) is 3.79. The molecule has 1 fully saturated rings. The fourth-order valence-corrected chi connectivity index (χ4v) is 2.74. The third-order valence-corrected chi connectivity index (χ3v) is 3.79. The van der Waals surface area contributed by atoms with Gasteiger partial charge in [0.25, 0.3) is 0 Å². The fraction of sp³-hybridized carbons (Fsp3) is 0.571. The van der Waals surface area contributed by atoms with Gasteiger partial charge in [0.2, 0.25) is 0 Å². The lowest BCUT2D eigenvalue weighted by Crippen LogP contribution is -2.32. The lowest BCUT2D eigenvalue weighted by atomic mass is 9.83. The van der Waals surface area contributed by atoms with Crippen LogP contribution < -0.4 is 11.1 Å². The average Bonchev–Trinajstić information content (AvgIpc) is 2.34. The van der Waals surface area contributed by atoms with Crippen molar-refractivity contribution in [1.82, 2.24) is 0 Å². The van der Waals surface area contributed by atoms with Crippen molar-refractivity contribution < 1.29 is 4.39 Å². The molecule has 0 heterocycles. The first-order valence-corrected chi connectivity index (χ1v) is 6.52. The van der Waals surface area contributed by atoms with Gasteiger partial charge in [0, 0.05) is 6.04 Å². The van der Waals surface area contributed by atoms with E-state index in [4.69, 9.17) is 5.73 Å². The molecule has 2 rings (SSSR count). The topological polar surface area (TPSA) is 38.0 Å². The zero-order chi connectivity index (χ0) is 12.3. The van der Waals surface area contributed by atoms with Crippen molar-refractivity contribution in [3.63, 3.8) is 0 Å². The second-order valence-corrected chi connectivity index (χ2v) is 4.94. The van der Waals surface area contributed by atoms with Crippen molar-refractivity contribution in [1.29, 1.82) is 0 Å². The van der Waals surface area contributed by atoms with Gasteiger partial charge in [-0.3, -0.25) is 0 Å². The van der Waals surface area contributed by atoms with E-state index in [9.17, 15) is 4.39 Å². The van der Waals surface area contributed by atoms with E-state index >= 15 is 0 Å². The summed E-state index contributed by atoms with van der Waals surface area (Å²) in [6, 6.07) is 4.97. The molecule has 1 aromatic carbocycles. The Labute approximate surface area is 102 Å². The normalized spacial score (nSPS) is 24.6. The van der Waals surface area contributed by atoms with Crippen molar-refractivity contribution in [2.75, 3.05) is 11.1 Å². The quantitative estimate of drug-likeness (QED) is 0.784. The number of nitrogens with two attached hydrogens (primary N) is 1. The molecule has 3 heteroatoms. The molecule has 17 heavy (non-hydrogen) atoms. The van der Waals surface area contributed by atoms with Gasteiger partial charge >= 0.3 is 0 Å². The van der Waals surface area contributed by atoms with Crippen LogP contribution in [0.4, 0.5) is 15.8 Å². The molecule has 2 unspecified atom stereocenters. The predicted molar refractivity (Wildman–Crippen MR) is 70.5 cm³/mol. The van der Waals surface area contributed by atoms with E-state index in [1.165, 1.54) is 37.8 Å². The SMILES string of the molecule is CCC1CCCCC1Nc1cc(F)ccc1N. The molecule has 0 bridgehead atoms. The standard InChI is InChI=1S/C14H21FN2/c1-2-10-5-3-4-6-13(10)17-14-9-11(15)7-8-12(14)16/h7-10,13,17H,2-6,16H2,1H3. The Morgan fingerprint density at radius 3 is 2.88 bits per heavy atom. The Bertz CT molecular complexity index is 378. The van der Waals surface area contributed by atoms with Gasteiger partial charge in [-0.05, 0) is 37.0 Å². The van der Waals surface area contributed by atoms with E-state index in [0.717, 1.165) is 12.1 Å². The minimum absolute atomic E-state index is 0.231. The van der Waals surface area contributed by atoms with E-state index in [1.54, 1.807) is 6.07 Å². The zero-order valence-electron chi connectivity index (χ0n) is 10.4. The summed E-state index contributed by atoms with van der Waals surface area (Å²) in [4.78, 5) is 0. The van der Waals surface area contributed by atoms with Crippen molar-refractivity contribution in [3.8, 4) is 0 Å². The van der Waals surface area contributed by atoms with Crippen LogP contribution in [0, 0.1) is 11.7 Å². The van der Waals surface area contributed by atoms with Gasteiger partial charge in [-0.15, -0.1) is 0 Å². The van der Waals surface area contributed by atoms with Gasteiger partial charge < -0.3 is 11.1 Å². The molecule has 3 N–H and O–H groups in total. The summed E-state index contributed by atoms with van der Waals surface area (Å²) in [5.41, 5.74) is 7.24. The summed E-state index contributed by atoms with van der Waals surface area (Å²) in [5, 5.41) is 3.43. The molecule has 0 spiro atoms. The molecule has 0 radical (unpaired) electrons. The summed E-state index contributed by atoms with van der Waals surface area (Å²) in [5.74, 6) is 0.456. The van der Waals surface area contributed by atoms with Crippen molar-refractivity contribution >= 4 is 11.4 Å². The Kier molecular flexibility index (Phi) is 3.87. The Morgan fingerprint density at radius 1 is 1.35 bits per heavy atom. The molecule has 0 saturated heterocycles. The number of nitrogen functional groups attached to an aromatic ring is 1. The minimum atomic E-state index is -0.231. The lowest BCUT2D eigenvalue weighted by Gasteiger charge is -2.32. The predicted octanol–water partition coefficient (Wildman–Crippen LogP) is 3.79. The van der Waals surface area contributed by atoms with Crippen LogP contribution >= 0.6 is 0 Å². The first kappa shape index (κ1) is 12.2. The molecular formula is C14H21FN2. The largest absolute Gasteiger partial charge is 0.397 e. The number of benzene rings is 1. The van der Waals surface area contributed by atoms with Crippen LogP contribution in [0.25, 0.3) is 0 Å². The first-order chi connectivity index (χ1) is 8.20. The molecule has 1 aromatic rings. The van der Waals surface area contributed by atoms with Gasteiger partial charge in [-0.25, -0.2) is 4.39 Å². The van der Waals surface area contributed by atoms with Gasteiger partial charge in [-0.1, -0.05) is 26.2 Å². The Balaban J connectivity index is 2.10. The molecule has 0 aromatic heterocycles. The van der Waals surface area contributed by atoms with Gasteiger partial charge in [0.05, 0.1) is 11.4 Å². The summed E-state index contributed by atoms with van der Waals surface area (Å²) >= 11 is 0. The number of hydrogen-bond donors (Lipinski definition) is 2. The van der Waals surface area contributed by atoms with Gasteiger partial charge in [0.1, 0.15) is 5.82 Å². The molecule has 2 atom stereocenters. The maximum atomic E-state index is 13.2. The maximum Gasteiger partial charge on any atom is 0.125 e. The van der Waals surface area contributed by atoms with Crippen molar-refractivity contribution in [3.05, 3.63) is 24.0 Å². The van der Waals surface area contributed by atoms with Gasteiger partial charge in [-0.2, -0.15) is 0 Å². The Morgan fingerprint density at radius 2 is 2.12 bits per heavy atom. The Hall–Kier alpha value is -1.25. The zero-order valence-corrected chi connectivity index (χ0v) is 10.4. The van der Waals surface area contributed by atoms with Crippen LogP contribution in [0.3, 0.4) is 0 Å². The number of anilines is 2. The van der Waals surface area contributed by atoms with E-state index in [-0.39, 0.29) is 5.82 Å². The number of hydrogen-bond acceptors (Lipinski definition) is 2. The molecule has 0 amide bonds. The van der Waals surface area contributed by atoms with Crippen LogP contribution in [-0.4, -0.2) is 6.04 Å². The van der Waals surface area contributed by atoms with Crippen LogP contribution in [0.5, 0.6) is 0 Å². The van der Waals surface area contributed by atoms with E-state index in [2.05, 4.69) is 12.2 Å². The fourth-order valence-electron chi connectivity index (χ4n) is 2.74. The average molecular weight is 236 g/mol. The molecule has 94 valence electrons.